The topological polar surface area (TPSA) is 105 Å². The summed E-state index contributed by atoms with van der Waals surface area (Å²) < 4.78 is 0. The van der Waals surface area contributed by atoms with Crippen LogP contribution >= 0.6 is 0 Å². The number of H-pyrrole nitrogens is 1. The minimum Gasteiger partial charge on any atom is -0.369 e. The molecule has 86 valence electrons. The molecule has 5 N–H and O–H groups in total. The SMILES string of the molecule is NC(N)=NN=Cc1ccc(-c2cnc[nH]2)cc1. The standard InChI is InChI=1S/C11H12N6/c12-11(13)17-16-5-8-1-3-9(4-2-8)10-6-14-7-15-10/h1-7H,(H,14,15)(H4,12,13,17). The van der Waals surface area contributed by atoms with E-state index in [0.717, 1.165) is 16.8 Å². The molecule has 17 heavy (non-hydrogen) atoms. The van der Waals surface area contributed by atoms with E-state index in [1.165, 1.54) is 0 Å². The van der Waals surface area contributed by atoms with Gasteiger partial charge in [0.1, 0.15) is 0 Å². The molecule has 6 heteroatoms. The van der Waals surface area contributed by atoms with Crippen LogP contribution in [0.3, 0.4) is 0 Å². The van der Waals surface area contributed by atoms with E-state index in [0.29, 0.717) is 0 Å². The number of benzene rings is 1. The average molecular weight is 228 g/mol. The first-order chi connectivity index (χ1) is 8.25. The lowest BCUT2D eigenvalue weighted by atomic mass is 10.1. The van der Waals surface area contributed by atoms with Gasteiger partial charge in [-0.25, -0.2) is 4.98 Å². The Bertz CT molecular complexity index is 520. The first-order valence-corrected chi connectivity index (χ1v) is 4.96. The highest BCUT2D eigenvalue weighted by Gasteiger charge is 1.97. The number of hydrogen-bond donors (Lipinski definition) is 3. The summed E-state index contributed by atoms with van der Waals surface area (Å²) in [4.78, 5) is 6.99. The van der Waals surface area contributed by atoms with E-state index in [-0.39, 0.29) is 5.96 Å². The fourth-order valence-corrected chi connectivity index (χ4v) is 1.32. The minimum atomic E-state index is -0.0599. The molecule has 1 heterocycles. The fraction of sp³-hybridized carbons (Fsp3) is 0. The van der Waals surface area contributed by atoms with Crippen molar-refractivity contribution in [1.82, 2.24) is 9.97 Å². The second-order valence-corrected chi connectivity index (χ2v) is 3.36. The van der Waals surface area contributed by atoms with Gasteiger partial charge in [0, 0.05) is 0 Å². The van der Waals surface area contributed by atoms with Gasteiger partial charge in [-0.15, -0.1) is 5.10 Å². The van der Waals surface area contributed by atoms with Crippen molar-refractivity contribution in [2.24, 2.45) is 21.7 Å². The molecule has 1 aromatic carbocycles. The van der Waals surface area contributed by atoms with Crippen molar-refractivity contribution in [2.45, 2.75) is 0 Å². The van der Waals surface area contributed by atoms with E-state index < -0.39 is 0 Å². The van der Waals surface area contributed by atoms with Crippen LogP contribution < -0.4 is 11.5 Å². The molecule has 2 aromatic rings. The molecule has 0 spiro atoms. The van der Waals surface area contributed by atoms with E-state index in [1.54, 1.807) is 18.7 Å². The molecular weight excluding hydrogens is 216 g/mol. The summed E-state index contributed by atoms with van der Waals surface area (Å²) in [5.74, 6) is -0.0599. The van der Waals surface area contributed by atoms with Crippen molar-refractivity contribution in [3.05, 3.63) is 42.4 Å². The lowest BCUT2D eigenvalue weighted by molar-refractivity contribution is 1.21. The second kappa shape index (κ2) is 4.93. The zero-order valence-corrected chi connectivity index (χ0v) is 9.04. The summed E-state index contributed by atoms with van der Waals surface area (Å²) in [5.41, 5.74) is 13.2. The molecule has 0 amide bonds. The molecule has 1 aromatic heterocycles. The maximum atomic E-state index is 5.15. The van der Waals surface area contributed by atoms with Crippen molar-refractivity contribution in [3.8, 4) is 11.3 Å². The maximum Gasteiger partial charge on any atom is 0.211 e. The van der Waals surface area contributed by atoms with Crippen LogP contribution in [0.1, 0.15) is 5.56 Å². The van der Waals surface area contributed by atoms with Gasteiger partial charge in [-0.2, -0.15) is 5.10 Å². The molecule has 0 radical (unpaired) electrons. The number of nitrogens with zero attached hydrogens (tertiary/aromatic N) is 3. The second-order valence-electron chi connectivity index (χ2n) is 3.36. The monoisotopic (exact) mass is 228 g/mol. The van der Waals surface area contributed by atoms with E-state index in [1.807, 2.05) is 24.3 Å². The number of hydrogen-bond acceptors (Lipinski definition) is 3. The summed E-state index contributed by atoms with van der Waals surface area (Å²) in [7, 11) is 0. The molecule has 2 rings (SSSR count). The molecule has 0 aliphatic heterocycles. The third-order valence-corrected chi connectivity index (χ3v) is 2.10. The number of guanidine groups is 1. The molecule has 0 saturated heterocycles. The summed E-state index contributed by atoms with van der Waals surface area (Å²) in [6.07, 6.45) is 4.99. The number of nitrogens with one attached hydrogen (secondary N) is 1. The number of aromatic amines is 1. The van der Waals surface area contributed by atoms with E-state index >= 15 is 0 Å². The van der Waals surface area contributed by atoms with Crippen LogP contribution in [0.5, 0.6) is 0 Å². The first kappa shape index (κ1) is 10.9. The van der Waals surface area contributed by atoms with E-state index in [2.05, 4.69) is 20.2 Å². The molecular formula is C11H12N6. The molecule has 6 nitrogen and oxygen atoms in total. The predicted octanol–water partition coefficient (Wildman–Crippen LogP) is 0.684. The zero-order chi connectivity index (χ0) is 12.1. The van der Waals surface area contributed by atoms with Gasteiger partial charge in [0.2, 0.25) is 5.96 Å². The molecule has 0 saturated carbocycles. The minimum absolute atomic E-state index is 0.0599. The highest BCUT2D eigenvalue weighted by Crippen LogP contribution is 2.15. The van der Waals surface area contributed by atoms with Crippen LogP contribution in [0.15, 0.2) is 47.0 Å². The van der Waals surface area contributed by atoms with Crippen molar-refractivity contribution < 1.29 is 0 Å². The Hall–Kier alpha value is -2.63. The van der Waals surface area contributed by atoms with Crippen LogP contribution in [0.25, 0.3) is 11.3 Å². The number of nitrogens with two attached hydrogens (primary N) is 2. The lowest BCUT2D eigenvalue weighted by Gasteiger charge is -1.97. The fourth-order valence-electron chi connectivity index (χ4n) is 1.32. The number of rotatable bonds is 3. The van der Waals surface area contributed by atoms with Crippen molar-refractivity contribution in [1.29, 1.82) is 0 Å². The molecule has 0 aliphatic rings. The summed E-state index contributed by atoms with van der Waals surface area (Å²) in [6.45, 7) is 0. The highest BCUT2D eigenvalue weighted by molar-refractivity contribution is 5.82. The Morgan fingerprint density at radius 2 is 2.00 bits per heavy atom. The van der Waals surface area contributed by atoms with Gasteiger partial charge in [-0.05, 0) is 11.1 Å². The number of aromatic nitrogens is 2. The van der Waals surface area contributed by atoms with Gasteiger partial charge < -0.3 is 16.5 Å². The van der Waals surface area contributed by atoms with Crippen LogP contribution in [0.2, 0.25) is 0 Å². The maximum absolute atomic E-state index is 5.15. The molecule has 0 atom stereocenters. The van der Waals surface area contributed by atoms with Crippen molar-refractivity contribution >= 4 is 12.2 Å². The van der Waals surface area contributed by atoms with Crippen molar-refractivity contribution in [3.63, 3.8) is 0 Å². The highest BCUT2D eigenvalue weighted by atomic mass is 15.3. The molecule has 0 bridgehead atoms. The summed E-state index contributed by atoms with van der Waals surface area (Å²) >= 11 is 0. The van der Waals surface area contributed by atoms with Gasteiger partial charge in [0.15, 0.2) is 0 Å². The average Bonchev–Trinajstić information content (AvgIpc) is 2.83. The van der Waals surface area contributed by atoms with E-state index in [4.69, 9.17) is 11.5 Å². The van der Waals surface area contributed by atoms with Crippen LogP contribution in [-0.2, 0) is 0 Å². The Kier molecular flexibility index (Phi) is 3.15. The van der Waals surface area contributed by atoms with Gasteiger partial charge in [0.05, 0.1) is 24.4 Å². The third kappa shape index (κ3) is 2.91. The van der Waals surface area contributed by atoms with Crippen LogP contribution in [0.4, 0.5) is 0 Å². The lowest BCUT2D eigenvalue weighted by Crippen LogP contribution is -2.21. The van der Waals surface area contributed by atoms with E-state index in [9.17, 15) is 0 Å². The Morgan fingerprint density at radius 1 is 1.24 bits per heavy atom. The summed E-state index contributed by atoms with van der Waals surface area (Å²) in [6, 6.07) is 7.76. The summed E-state index contributed by atoms with van der Waals surface area (Å²) in [5, 5.41) is 7.24. The van der Waals surface area contributed by atoms with Crippen LogP contribution in [0, 0.1) is 0 Å². The normalized spacial score (nSPS) is 10.6. The third-order valence-electron chi connectivity index (χ3n) is 2.10. The Labute approximate surface area is 98.1 Å². The van der Waals surface area contributed by atoms with Gasteiger partial charge in [0.25, 0.3) is 0 Å². The Morgan fingerprint density at radius 3 is 2.59 bits per heavy atom. The largest absolute Gasteiger partial charge is 0.369 e. The molecule has 0 fully saturated rings. The zero-order valence-electron chi connectivity index (χ0n) is 9.04. The number of imidazole rings is 1. The van der Waals surface area contributed by atoms with Gasteiger partial charge >= 0.3 is 0 Å². The quantitative estimate of drug-likeness (QED) is 0.408. The van der Waals surface area contributed by atoms with Gasteiger partial charge in [-0.3, -0.25) is 0 Å². The van der Waals surface area contributed by atoms with Gasteiger partial charge in [-0.1, -0.05) is 24.3 Å². The van der Waals surface area contributed by atoms with Crippen LogP contribution in [-0.4, -0.2) is 22.1 Å². The smallest absolute Gasteiger partial charge is 0.211 e. The predicted molar refractivity (Wildman–Crippen MR) is 67.4 cm³/mol. The molecule has 0 aliphatic carbocycles. The van der Waals surface area contributed by atoms with Crippen molar-refractivity contribution in [2.75, 3.05) is 0 Å². The Balaban J connectivity index is 2.14. The molecule has 0 unspecified atom stereocenters. The first-order valence-electron chi connectivity index (χ1n) is 4.96.